The topological polar surface area (TPSA) is 47.1 Å². The first-order valence-electron chi connectivity index (χ1n) is 4.79. The lowest BCUT2D eigenvalue weighted by Gasteiger charge is -2.38. The Labute approximate surface area is 78.3 Å². The lowest BCUT2D eigenvalue weighted by molar-refractivity contribution is 0.105. The smallest absolute Gasteiger partial charge is 0.0772 e. The summed E-state index contributed by atoms with van der Waals surface area (Å²) in [4.78, 5) is 2.40. The largest absolute Gasteiger partial charge is 0.326 e. The van der Waals surface area contributed by atoms with Crippen LogP contribution in [0.15, 0.2) is 12.4 Å². The number of aromatic nitrogens is 2. The third-order valence-electron chi connectivity index (χ3n) is 2.65. The molecule has 0 atom stereocenters. The molecule has 4 heteroatoms. The molecule has 0 aliphatic carbocycles. The zero-order chi connectivity index (χ0) is 9.26. The number of likely N-dealkylation sites (N-methyl/N-ethyl adjacent to an activating group) is 1. The van der Waals surface area contributed by atoms with Gasteiger partial charge >= 0.3 is 0 Å². The quantitative estimate of drug-likeness (QED) is 0.723. The van der Waals surface area contributed by atoms with Gasteiger partial charge in [-0.2, -0.15) is 5.10 Å². The second-order valence-corrected chi connectivity index (χ2v) is 3.54. The summed E-state index contributed by atoms with van der Waals surface area (Å²) in [6.07, 6.45) is 3.91. The van der Waals surface area contributed by atoms with Crippen LogP contribution in [0.5, 0.6) is 0 Å². The summed E-state index contributed by atoms with van der Waals surface area (Å²) in [7, 11) is 0. The van der Waals surface area contributed by atoms with Gasteiger partial charge in [0.25, 0.3) is 0 Å². The van der Waals surface area contributed by atoms with E-state index < -0.39 is 0 Å². The molecule has 0 spiro atoms. The first kappa shape index (κ1) is 8.72. The molecule has 1 aliphatic heterocycles. The van der Waals surface area contributed by atoms with E-state index in [0.717, 1.165) is 25.2 Å². The maximum absolute atomic E-state index is 5.51. The van der Waals surface area contributed by atoms with Crippen LogP contribution in [0.4, 0.5) is 0 Å². The van der Waals surface area contributed by atoms with Gasteiger partial charge in [-0.1, -0.05) is 6.92 Å². The van der Waals surface area contributed by atoms with Crippen molar-refractivity contribution in [3.63, 3.8) is 0 Å². The van der Waals surface area contributed by atoms with E-state index in [0.29, 0.717) is 12.6 Å². The van der Waals surface area contributed by atoms with Gasteiger partial charge in [0.15, 0.2) is 0 Å². The molecule has 0 bridgehead atoms. The minimum Gasteiger partial charge on any atom is -0.326 e. The van der Waals surface area contributed by atoms with Crippen LogP contribution < -0.4 is 5.73 Å². The summed E-state index contributed by atoms with van der Waals surface area (Å²) >= 11 is 0. The molecule has 0 amide bonds. The van der Waals surface area contributed by atoms with E-state index in [4.69, 9.17) is 5.73 Å². The van der Waals surface area contributed by atoms with Crippen LogP contribution in [0.25, 0.3) is 0 Å². The first-order chi connectivity index (χ1) is 6.33. The van der Waals surface area contributed by atoms with Gasteiger partial charge < -0.3 is 5.73 Å². The Morgan fingerprint density at radius 3 is 2.92 bits per heavy atom. The van der Waals surface area contributed by atoms with Gasteiger partial charge in [-0.3, -0.25) is 9.58 Å². The maximum atomic E-state index is 5.51. The highest BCUT2D eigenvalue weighted by molar-refractivity contribution is 5.04. The Hall–Kier alpha value is -0.870. The molecule has 1 aliphatic rings. The van der Waals surface area contributed by atoms with Gasteiger partial charge in [-0.15, -0.1) is 0 Å². The molecule has 1 fully saturated rings. The molecule has 1 aromatic heterocycles. The molecule has 13 heavy (non-hydrogen) atoms. The summed E-state index contributed by atoms with van der Waals surface area (Å²) in [6.45, 7) is 6.17. The van der Waals surface area contributed by atoms with Gasteiger partial charge in [-0.05, 0) is 6.54 Å². The number of nitrogens with zero attached hydrogens (tertiary/aromatic N) is 3. The SMILES string of the molecule is CCN1CC(n2cc(CN)cn2)C1. The van der Waals surface area contributed by atoms with Crippen LogP contribution in [-0.2, 0) is 6.54 Å². The van der Waals surface area contributed by atoms with Gasteiger partial charge in [0.2, 0.25) is 0 Å². The van der Waals surface area contributed by atoms with E-state index in [-0.39, 0.29) is 0 Å². The average molecular weight is 180 g/mol. The van der Waals surface area contributed by atoms with E-state index in [1.807, 2.05) is 10.9 Å². The monoisotopic (exact) mass is 180 g/mol. The Kier molecular flexibility index (Phi) is 2.33. The van der Waals surface area contributed by atoms with Gasteiger partial charge in [0.05, 0.1) is 12.2 Å². The second kappa shape index (κ2) is 3.47. The molecule has 2 heterocycles. The van der Waals surface area contributed by atoms with Crippen molar-refractivity contribution in [1.29, 1.82) is 0 Å². The zero-order valence-electron chi connectivity index (χ0n) is 7.98. The Balaban J connectivity index is 1.95. The summed E-state index contributed by atoms with van der Waals surface area (Å²) in [5.74, 6) is 0. The van der Waals surface area contributed by atoms with Crippen LogP contribution in [0, 0.1) is 0 Å². The van der Waals surface area contributed by atoms with E-state index in [1.54, 1.807) is 0 Å². The summed E-state index contributed by atoms with van der Waals surface area (Å²) in [5, 5.41) is 4.29. The van der Waals surface area contributed by atoms with E-state index >= 15 is 0 Å². The summed E-state index contributed by atoms with van der Waals surface area (Å²) in [6, 6.07) is 0.570. The van der Waals surface area contributed by atoms with Crippen molar-refractivity contribution in [2.24, 2.45) is 5.73 Å². The predicted molar refractivity (Wildman–Crippen MR) is 51.3 cm³/mol. The number of rotatable bonds is 3. The molecular formula is C9H16N4. The Bertz CT molecular complexity index is 275. The number of nitrogens with two attached hydrogens (primary N) is 1. The van der Waals surface area contributed by atoms with Crippen molar-refractivity contribution in [3.8, 4) is 0 Å². The normalized spacial score (nSPS) is 18.9. The number of likely N-dealkylation sites (tertiary alicyclic amines) is 1. The van der Waals surface area contributed by atoms with E-state index in [9.17, 15) is 0 Å². The molecule has 0 radical (unpaired) electrons. The van der Waals surface area contributed by atoms with Crippen molar-refractivity contribution >= 4 is 0 Å². The molecular weight excluding hydrogens is 164 g/mol. The standard InChI is InChI=1S/C9H16N4/c1-2-12-6-9(7-12)13-5-8(3-10)4-11-13/h4-5,9H,2-3,6-7,10H2,1H3. The van der Waals surface area contributed by atoms with Crippen LogP contribution in [-0.4, -0.2) is 34.3 Å². The minimum absolute atomic E-state index is 0.570. The highest BCUT2D eigenvalue weighted by Gasteiger charge is 2.26. The van der Waals surface area contributed by atoms with Crippen molar-refractivity contribution in [1.82, 2.24) is 14.7 Å². The van der Waals surface area contributed by atoms with Gasteiger partial charge in [0, 0.05) is 31.4 Å². The third kappa shape index (κ3) is 1.59. The number of hydrogen-bond donors (Lipinski definition) is 1. The lowest BCUT2D eigenvalue weighted by atomic mass is 10.1. The summed E-state index contributed by atoms with van der Waals surface area (Å²) in [5.41, 5.74) is 6.63. The van der Waals surface area contributed by atoms with Crippen molar-refractivity contribution in [2.75, 3.05) is 19.6 Å². The van der Waals surface area contributed by atoms with Crippen LogP contribution >= 0.6 is 0 Å². The molecule has 0 unspecified atom stereocenters. The van der Waals surface area contributed by atoms with Crippen LogP contribution in [0.1, 0.15) is 18.5 Å². The van der Waals surface area contributed by atoms with Crippen molar-refractivity contribution in [2.45, 2.75) is 19.5 Å². The Morgan fingerprint density at radius 1 is 1.62 bits per heavy atom. The molecule has 1 saturated heterocycles. The minimum atomic E-state index is 0.570. The van der Waals surface area contributed by atoms with Gasteiger partial charge in [0.1, 0.15) is 0 Å². The average Bonchev–Trinajstić information content (AvgIpc) is 2.51. The van der Waals surface area contributed by atoms with E-state index in [1.165, 1.54) is 0 Å². The lowest BCUT2D eigenvalue weighted by Crippen LogP contribution is -2.47. The van der Waals surface area contributed by atoms with Crippen LogP contribution in [0.2, 0.25) is 0 Å². The Morgan fingerprint density at radius 2 is 2.38 bits per heavy atom. The molecule has 72 valence electrons. The fourth-order valence-electron chi connectivity index (χ4n) is 1.65. The second-order valence-electron chi connectivity index (χ2n) is 3.54. The zero-order valence-corrected chi connectivity index (χ0v) is 7.98. The highest BCUT2D eigenvalue weighted by atomic mass is 15.4. The molecule has 0 aromatic carbocycles. The highest BCUT2D eigenvalue weighted by Crippen LogP contribution is 2.19. The third-order valence-corrected chi connectivity index (χ3v) is 2.65. The summed E-state index contributed by atoms with van der Waals surface area (Å²) < 4.78 is 2.04. The fourth-order valence-corrected chi connectivity index (χ4v) is 1.65. The predicted octanol–water partition coefficient (Wildman–Crippen LogP) is 0.218. The molecule has 2 N–H and O–H groups in total. The number of hydrogen-bond acceptors (Lipinski definition) is 3. The van der Waals surface area contributed by atoms with Gasteiger partial charge in [-0.25, -0.2) is 0 Å². The molecule has 0 saturated carbocycles. The van der Waals surface area contributed by atoms with E-state index in [2.05, 4.69) is 23.1 Å². The van der Waals surface area contributed by atoms with Crippen molar-refractivity contribution < 1.29 is 0 Å². The van der Waals surface area contributed by atoms with Crippen LogP contribution in [0.3, 0.4) is 0 Å². The fraction of sp³-hybridized carbons (Fsp3) is 0.667. The maximum Gasteiger partial charge on any atom is 0.0772 e. The molecule has 1 aromatic rings. The first-order valence-corrected chi connectivity index (χ1v) is 4.79. The molecule has 4 nitrogen and oxygen atoms in total. The van der Waals surface area contributed by atoms with Crippen molar-refractivity contribution in [3.05, 3.63) is 18.0 Å². The molecule has 2 rings (SSSR count).